The largest absolute Gasteiger partial charge is 0.484 e. The number of carbonyl (C=O) groups is 3. The third kappa shape index (κ3) is 7.56. The van der Waals surface area contributed by atoms with E-state index in [-0.39, 0.29) is 25.4 Å². The van der Waals surface area contributed by atoms with Crippen LogP contribution in [-0.4, -0.2) is 29.5 Å². The van der Waals surface area contributed by atoms with Crippen LogP contribution in [-0.2, 0) is 14.4 Å². The molecule has 0 unspecified atom stereocenters. The number of benzene rings is 1. The lowest BCUT2D eigenvalue weighted by Gasteiger charge is -2.07. The summed E-state index contributed by atoms with van der Waals surface area (Å²) in [5.74, 6) is -1.12. The highest BCUT2D eigenvalue weighted by Gasteiger charge is 2.04. The van der Waals surface area contributed by atoms with Crippen molar-refractivity contribution >= 4 is 23.5 Å². The molecule has 0 saturated heterocycles. The zero-order valence-corrected chi connectivity index (χ0v) is 11.5. The van der Waals surface area contributed by atoms with Gasteiger partial charge in [-0.05, 0) is 37.1 Å². The number of nitrogens with one attached hydrogen (secondary N) is 1. The number of anilines is 1. The van der Waals surface area contributed by atoms with E-state index in [9.17, 15) is 14.4 Å². The van der Waals surface area contributed by atoms with Crippen LogP contribution in [0.2, 0.25) is 0 Å². The van der Waals surface area contributed by atoms with Crippen molar-refractivity contribution in [2.75, 3.05) is 11.9 Å². The zero-order chi connectivity index (χ0) is 15.7. The van der Waals surface area contributed by atoms with Crippen LogP contribution in [0.4, 0.5) is 5.69 Å². The summed E-state index contributed by atoms with van der Waals surface area (Å²) in [5, 5.41) is 11.2. The first-order chi connectivity index (χ1) is 9.97. The Morgan fingerprint density at radius 3 is 2.29 bits per heavy atom. The van der Waals surface area contributed by atoms with Crippen LogP contribution in [0.25, 0.3) is 0 Å². The third-order valence-electron chi connectivity index (χ3n) is 2.56. The lowest BCUT2D eigenvalue weighted by Crippen LogP contribution is -2.20. The highest BCUT2D eigenvalue weighted by atomic mass is 16.5. The summed E-state index contributed by atoms with van der Waals surface area (Å²) in [6.45, 7) is -0.199. The number of carbonyl (C=O) groups excluding carboxylic acids is 2. The maximum Gasteiger partial charge on any atom is 0.303 e. The molecule has 0 bridgehead atoms. The molecular weight excluding hydrogens is 276 g/mol. The normalized spacial score (nSPS) is 9.90. The van der Waals surface area contributed by atoms with Crippen molar-refractivity contribution in [1.82, 2.24) is 0 Å². The minimum absolute atomic E-state index is 0.0686. The maximum absolute atomic E-state index is 11.6. The van der Waals surface area contributed by atoms with E-state index in [1.165, 1.54) is 0 Å². The van der Waals surface area contributed by atoms with Gasteiger partial charge in [-0.15, -0.1) is 0 Å². The molecule has 0 aromatic heterocycles. The Kier molecular flexibility index (Phi) is 6.73. The van der Waals surface area contributed by atoms with E-state index in [1.807, 2.05) is 0 Å². The molecule has 7 heteroatoms. The summed E-state index contributed by atoms with van der Waals surface area (Å²) in [6.07, 6.45) is 1.34. The monoisotopic (exact) mass is 294 g/mol. The van der Waals surface area contributed by atoms with Gasteiger partial charge in [0.25, 0.3) is 5.91 Å². The Bertz CT molecular complexity index is 499. The molecule has 114 valence electrons. The predicted molar refractivity (Wildman–Crippen MR) is 75.9 cm³/mol. The second-order valence-electron chi connectivity index (χ2n) is 4.43. The molecular formula is C14H18N2O5. The van der Waals surface area contributed by atoms with Crippen LogP contribution in [0.3, 0.4) is 0 Å². The number of nitrogens with two attached hydrogens (primary N) is 1. The third-order valence-corrected chi connectivity index (χ3v) is 2.56. The Morgan fingerprint density at radius 1 is 1.10 bits per heavy atom. The van der Waals surface area contributed by atoms with Crippen LogP contribution in [0.1, 0.15) is 25.7 Å². The number of primary amides is 1. The molecule has 0 atom stereocenters. The van der Waals surface area contributed by atoms with Crippen molar-refractivity contribution in [3.8, 4) is 5.75 Å². The molecule has 7 nitrogen and oxygen atoms in total. The summed E-state index contributed by atoms with van der Waals surface area (Å²) < 4.78 is 5.09. The number of rotatable bonds is 9. The second kappa shape index (κ2) is 8.57. The van der Waals surface area contributed by atoms with E-state index in [0.29, 0.717) is 24.3 Å². The van der Waals surface area contributed by atoms with Crippen LogP contribution in [0.5, 0.6) is 5.75 Å². The fourth-order valence-corrected chi connectivity index (χ4v) is 1.57. The average molecular weight is 294 g/mol. The topological polar surface area (TPSA) is 119 Å². The lowest BCUT2D eigenvalue weighted by molar-refractivity contribution is -0.137. The number of ether oxygens (including phenoxy) is 1. The van der Waals surface area contributed by atoms with Gasteiger partial charge in [0.15, 0.2) is 6.61 Å². The van der Waals surface area contributed by atoms with E-state index in [1.54, 1.807) is 24.3 Å². The minimum Gasteiger partial charge on any atom is -0.484 e. The van der Waals surface area contributed by atoms with E-state index >= 15 is 0 Å². The molecule has 21 heavy (non-hydrogen) atoms. The summed E-state index contributed by atoms with van der Waals surface area (Å²) in [4.78, 5) is 32.5. The number of carboxylic acids is 1. The zero-order valence-electron chi connectivity index (χ0n) is 11.5. The summed E-state index contributed by atoms with van der Waals surface area (Å²) in [5.41, 5.74) is 5.56. The van der Waals surface area contributed by atoms with Crippen LogP contribution in [0.15, 0.2) is 24.3 Å². The second-order valence-corrected chi connectivity index (χ2v) is 4.43. The average Bonchev–Trinajstić information content (AvgIpc) is 2.42. The molecule has 0 radical (unpaired) electrons. The molecule has 4 N–H and O–H groups in total. The van der Waals surface area contributed by atoms with Crippen molar-refractivity contribution < 1.29 is 24.2 Å². The van der Waals surface area contributed by atoms with Gasteiger partial charge in [-0.1, -0.05) is 0 Å². The summed E-state index contributed by atoms with van der Waals surface area (Å²) in [7, 11) is 0. The lowest BCUT2D eigenvalue weighted by atomic mass is 10.2. The number of hydrogen-bond acceptors (Lipinski definition) is 4. The van der Waals surface area contributed by atoms with E-state index in [4.69, 9.17) is 15.6 Å². The van der Waals surface area contributed by atoms with Crippen molar-refractivity contribution in [3.05, 3.63) is 24.3 Å². The van der Waals surface area contributed by atoms with Gasteiger partial charge in [0, 0.05) is 18.5 Å². The van der Waals surface area contributed by atoms with Gasteiger partial charge in [-0.25, -0.2) is 0 Å². The molecule has 1 aromatic carbocycles. The molecule has 0 spiro atoms. The van der Waals surface area contributed by atoms with Crippen LogP contribution >= 0.6 is 0 Å². The van der Waals surface area contributed by atoms with Gasteiger partial charge < -0.3 is 20.9 Å². The number of amides is 2. The Hall–Kier alpha value is -2.57. The van der Waals surface area contributed by atoms with Crippen LogP contribution in [0, 0.1) is 0 Å². The first kappa shape index (κ1) is 16.5. The number of unbranched alkanes of at least 4 members (excludes halogenated alkanes) is 1. The van der Waals surface area contributed by atoms with E-state index in [2.05, 4.69) is 5.32 Å². The number of carboxylic acid groups (broad SMARTS) is 1. The standard InChI is InChI=1S/C14H18N2O5/c15-12(17)9-21-11-7-5-10(6-8-11)16-13(18)3-1-2-4-14(19)20/h5-8H,1-4,9H2,(H2,15,17)(H,16,18)(H,19,20). The molecule has 0 saturated carbocycles. The highest BCUT2D eigenvalue weighted by molar-refractivity contribution is 5.90. The molecule has 1 rings (SSSR count). The first-order valence-corrected chi connectivity index (χ1v) is 6.50. The quantitative estimate of drug-likeness (QED) is 0.590. The minimum atomic E-state index is -0.859. The maximum atomic E-state index is 11.6. The van der Waals surface area contributed by atoms with Crippen molar-refractivity contribution in [3.63, 3.8) is 0 Å². The van der Waals surface area contributed by atoms with E-state index in [0.717, 1.165) is 0 Å². The van der Waals surface area contributed by atoms with Crippen LogP contribution < -0.4 is 15.8 Å². The van der Waals surface area contributed by atoms with E-state index < -0.39 is 11.9 Å². The van der Waals surface area contributed by atoms with Crippen molar-refractivity contribution in [1.29, 1.82) is 0 Å². The SMILES string of the molecule is NC(=O)COc1ccc(NC(=O)CCCCC(=O)O)cc1. The Balaban J connectivity index is 2.32. The molecule has 0 aliphatic heterocycles. The van der Waals surface area contributed by atoms with Crippen molar-refractivity contribution in [2.45, 2.75) is 25.7 Å². The summed E-state index contributed by atoms with van der Waals surface area (Å²) in [6, 6.07) is 6.52. The van der Waals surface area contributed by atoms with Gasteiger partial charge in [-0.3, -0.25) is 14.4 Å². The molecule has 0 aliphatic rings. The van der Waals surface area contributed by atoms with Gasteiger partial charge in [0.1, 0.15) is 5.75 Å². The number of hydrogen-bond donors (Lipinski definition) is 3. The van der Waals surface area contributed by atoms with Gasteiger partial charge in [0.2, 0.25) is 5.91 Å². The molecule has 0 fully saturated rings. The van der Waals surface area contributed by atoms with Crippen molar-refractivity contribution in [2.24, 2.45) is 5.73 Å². The molecule has 2 amide bonds. The molecule has 1 aromatic rings. The first-order valence-electron chi connectivity index (χ1n) is 6.50. The van der Waals surface area contributed by atoms with Gasteiger partial charge in [0.05, 0.1) is 0 Å². The van der Waals surface area contributed by atoms with Gasteiger partial charge >= 0.3 is 5.97 Å². The fourth-order valence-electron chi connectivity index (χ4n) is 1.57. The van der Waals surface area contributed by atoms with Gasteiger partial charge in [-0.2, -0.15) is 0 Å². The fraction of sp³-hybridized carbons (Fsp3) is 0.357. The number of aliphatic carboxylic acids is 1. The Morgan fingerprint density at radius 2 is 1.71 bits per heavy atom. The predicted octanol–water partition coefficient (Wildman–Crippen LogP) is 1.13. The molecule has 0 heterocycles. The molecule has 0 aliphatic carbocycles. The summed E-state index contributed by atoms with van der Waals surface area (Å²) >= 11 is 0. The smallest absolute Gasteiger partial charge is 0.303 e. The Labute approximate surface area is 122 Å². The highest BCUT2D eigenvalue weighted by Crippen LogP contribution is 2.16.